The Morgan fingerprint density at radius 3 is 2.37 bits per heavy atom. The minimum absolute atomic E-state index is 0.0653. The molecule has 2 aliphatic heterocycles. The Labute approximate surface area is 262 Å². The van der Waals surface area contributed by atoms with Gasteiger partial charge in [0.15, 0.2) is 0 Å². The number of fused-ring (bicyclic) bond motifs is 1. The van der Waals surface area contributed by atoms with Crippen LogP contribution >= 0.6 is 23.2 Å². The van der Waals surface area contributed by atoms with Crippen LogP contribution in [0, 0.1) is 0 Å². The molecular formula is C32H39Cl2N5O4. The lowest BCUT2D eigenvalue weighted by molar-refractivity contribution is 0.00404. The van der Waals surface area contributed by atoms with Gasteiger partial charge in [0, 0.05) is 69.0 Å². The van der Waals surface area contributed by atoms with Gasteiger partial charge in [0.2, 0.25) is 5.43 Å². The summed E-state index contributed by atoms with van der Waals surface area (Å²) in [6.07, 6.45) is 1.21. The number of aromatic nitrogens is 1. The minimum atomic E-state index is -0.655. The number of amides is 2. The molecule has 0 aliphatic carbocycles. The number of hydrogen-bond donors (Lipinski definition) is 0. The lowest BCUT2D eigenvalue weighted by Crippen LogP contribution is -2.53. The van der Waals surface area contributed by atoms with E-state index in [-0.39, 0.29) is 30.6 Å². The Bertz CT molecular complexity index is 1590. The first kappa shape index (κ1) is 31.2. The fourth-order valence-electron chi connectivity index (χ4n) is 5.78. The highest BCUT2D eigenvalue weighted by Gasteiger charge is 2.37. The summed E-state index contributed by atoms with van der Waals surface area (Å²) in [7, 11) is 2.10. The van der Waals surface area contributed by atoms with E-state index in [0.717, 1.165) is 42.9 Å². The van der Waals surface area contributed by atoms with Gasteiger partial charge >= 0.3 is 6.09 Å². The van der Waals surface area contributed by atoms with Crippen molar-refractivity contribution >= 4 is 51.8 Å². The van der Waals surface area contributed by atoms with Gasteiger partial charge in [0.1, 0.15) is 11.2 Å². The van der Waals surface area contributed by atoms with Gasteiger partial charge in [-0.3, -0.25) is 9.59 Å². The zero-order chi connectivity index (χ0) is 31.1. The molecule has 2 aromatic carbocycles. The largest absolute Gasteiger partial charge is 0.444 e. The summed E-state index contributed by atoms with van der Waals surface area (Å²) in [5.74, 6) is -0.401. The molecule has 0 bridgehead atoms. The van der Waals surface area contributed by atoms with Crippen LogP contribution in [0.5, 0.6) is 0 Å². The maximum absolute atomic E-state index is 14.2. The Morgan fingerprint density at radius 2 is 1.72 bits per heavy atom. The third kappa shape index (κ3) is 6.64. The van der Waals surface area contributed by atoms with E-state index in [0.29, 0.717) is 22.0 Å². The summed E-state index contributed by atoms with van der Waals surface area (Å²) in [6, 6.07) is 10.4. The van der Waals surface area contributed by atoms with Gasteiger partial charge in [-0.25, -0.2) is 4.79 Å². The summed E-state index contributed by atoms with van der Waals surface area (Å²) in [5, 5.41) is 1.41. The molecule has 2 fully saturated rings. The summed E-state index contributed by atoms with van der Waals surface area (Å²) < 4.78 is 7.55. The number of benzene rings is 2. The van der Waals surface area contributed by atoms with Crippen LogP contribution in [-0.2, 0) is 11.3 Å². The number of likely N-dealkylation sites (N-methyl/N-ethyl adjacent to an activating group) is 1. The summed E-state index contributed by atoms with van der Waals surface area (Å²) in [5.41, 5.74) is 1.44. The molecule has 3 heterocycles. The SMILES string of the molecule is CCn1cc(C(=O)N2CCN(C(=O)OC(C)(C)C)CC2c2cccc(Cl)c2)c(=O)c2cc(Cl)c(N3CCN(C)CC3)cc21. The van der Waals surface area contributed by atoms with Crippen molar-refractivity contribution in [3.05, 3.63) is 74.0 Å². The number of carbonyl (C=O) groups is 2. The highest BCUT2D eigenvalue weighted by Crippen LogP contribution is 2.33. The third-order valence-electron chi connectivity index (χ3n) is 8.09. The molecule has 11 heteroatoms. The fraction of sp³-hybridized carbons (Fsp3) is 0.469. The number of hydrogen-bond acceptors (Lipinski definition) is 6. The van der Waals surface area contributed by atoms with E-state index in [9.17, 15) is 14.4 Å². The van der Waals surface area contributed by atoms with E-state index in [2.05, 4.69) is 16.8 Å². The lowest BCUT2D eigenvalue weighted by atomic mass is 10.0. The topological polar surface area (TPSA) is 78.3 Å². The smallest absolute Gasteiger partial charge is 0.410 e. The van der Waals surface area contributed by atoms with Gasteiger partial charge in [0.25, 0.3) is 5.91 Å². The maximum atomic E-state index is 14.2. The summed E-state index contributed by atoms with van der Waals surface area (Å²) in [4.78, 5) is 48.9. The Morgan fingerprint density at radius 1 is 1.00 bits per heavy atom. The molecule has 0 N–H and O–H groups in total. The van der Waals surface area contributed by atoms with Gasteiger partial charge in [-0.15, -0.1) is 0 Å². The first-order chi connectivity index (χ1) is 20.4. The average molecular weight is 629 g/mol. The zero-order valence-corrected chi connectivity index (χ0v) is 26.9. The second-order valence-corrected chi connectivity index (χ2v) is 13.1. The van der Waals surface area contributed by atoms with E-state index in [4.69, 9.17) is 27.9 Å². The molecule has 43 heavy (non-hydrogen) atoms. The van der Waals surface area contributed by atoms with Crippen molar-refractivity contribution < 1.29 is 14.3 Å². The Balaban J connectivity index is 1.52. The number of rotatable bonds is 4. The molecule has 9 nitrogen and oxygen atoms in total. The van der Waals surface area contributed by atoms with Crippen molar-refractivity contribution in [3.8, 4) is 0 Å². The molecule has 230 valence electrons. The van der Waals surface area contributed by atoms with Gasteiger partial charge in [-0.05, 0) is 64.6 Å². The van der Waals surface area contributed by atoms with Crippen molar-refractivity contribution in [1.82, 2.24) is 19.3 Å². The molecule has 2 aliphatic rings. The van der Waals surface area contributed by atoms with E-state index >= 15 is 0 Å². The molecule has 1 aromatic heterocycles. The first-order valence-corrected chi connectivity index (χ1v) is 15.5. The van der Waals surface area contributed by atoms with Gasteiger partial charge in [-0.2, -0.15) is 0 Å². The number of halogens is 2. The van der Waals surface area contributed by atoms with Crippen LogP contribution in [0.1, 0.15) is 49.7 Å². The molecule has 2 saturated heterocycles. The fourth-order valence-corrected chi connectivity index (χ4v) is 6.26. The highest BCUT2D eigenvalue weighted by atomic mass is 35.5. The molecular weight excluding hydrogens is 589 g/mol. The zero-order valence-electron chi connectivity index (χ0n) is 25.4. The van der Waals surface area contributed by atoms with Gasteiger partial charge < -0.3 is 28.9 Å². The van der Waals surface area contributed by atoms with E-state index in [1.807, 2.05) is 50.5 Å². The molecule has 5 rings (SSSR count). The number of carbonyl (C=O) groups excluding carboxylic acids is 2. The van der Waals surface area contributed by atoms with Crippen LogP contribution in [0.15, 0.2) is 47.4 Å². The Hall–Kier alpha value is -3.27. The minimum Gasteiger partial charge on any atom is -0.444 e. The number of anilines is 1. The monoisotopic (exact) mass is 627 g/mol. The van der Waals surface area contributed by atoms with E-state index < -0.39 is 23.6 Å². The number of piperazine rings is 2. The quantitative estimate of drug-likeness (QED) is 0.379. The third-order valence-corrected chi connectivity index (χ3v) is 8.63. The number of aryl methyl sites for hydroxylation is 1. The molecule has 0 radical (unpaired) electrons. The molecule has 1 unspecified atom stereocenters. The normalized spacial score (nSPS) is 18.3. The Kier molecular flexibility index (Phi) is 8.97. The second kappa shape index (κ2) is 12.4. The van der Waals surface area contributed by atoms with Crippen molar-refractivity contribution in [1.29, 1.82) is 0 Å². The number of pyridine rings is 1. The molecule has 0 saturated carbocycles. The van der Waals surface area contributed by atoms with Gasteiger partial charge in [-0.1, -0.05) is 35.3 Å². The molecule has 0 spiro atoms. The molecule has 2 amide bonds. The van der Waals surface area contributed by atoms with Crippen LogP contribution in [0.4, 0.5) is 10.5 Å². The lowest BCUT2D eigenvalue weighted by Gasteiger charge is -2.42. The molecule has 1 atom stereocenters. The predicted molar refractivity (Wildman–Crippen MR) is 172 cm³/mol. The molecule has 3 aromatic rings. The predicted octanol–water partition coefficient (Wildman–Crippen LogP) is 5.51. The standard InChI is InChI=1S/C32H39Cl2N5O4/c1-6-36-19-24(29(40)23-17-25(34)27(18-26(23)36)37-12-10-35(5)11-13-37)30(41)39-15-14-38(31(42)43-32(2,3)4)20-28(39)21-8-7-9-22(33)16-21/h7-9,16-19,28H,6,10-15,20H2,1-5H3. The number of nitrogens with zero attached hydrogens (tertiary/aromatic N) is 5. The van der Waals surface area contributed by atoms with Gasteiger partial charge in [0.05, 0.1) is 22.3 Å². The van der Waals surface area contributed by atoms with Crippen LogP contribution in [0.2, 0.25) is 10.0 Å². The van der Waals surface area contributed by atoms with E-state index in [1.54, 1.807) is 34.2 Å². The highest BCUT2D eigenvalue weighted by molar-refractivity contribution is 6.34. The van der Waals surface area contributed by atoms with Crippen LogP contribution in [-0.4, -0.2) is 89.7 Å². The van der Waals surface area contributed by atoms with Crippen molar-refractivity contribution in [2.45, 2.75) is 45.9 Å². The van der Waals surface area contributed by atoms with Crippen molar-refractivity contribution in [2.24, 2.45) is 0 Å². The summed E-state index contributed by atoms with van der Waals surface area (Å²) >= 11 is 13.1. The van der Waals surface area contributed by atoms with Crippen molar-refractivity contribution in [3.63, 3.8) is 0 Å². The van der Waals surface area contributed by atoms with Crippen LogP contribution in [0.3, 0.4) is 0 Å². The van der Waals surface area contributed by atoms with Crippen LogP contribution in [0.25, 0.3) is 10.9 Å². The average Bonchev–Trinajstić information content (AvgIpc) is 2.96. The second-order valence-electron chi connectivity index (χ2n) is 12.3. The van der Waals surface area contributed by atoms with Crippen LogP contribution < -0.4 is 10.3 Å². The van der Waals surface area contributed by atoms with Crippen molar-refractivity contribution in [2.75, 3.05) is 57.8 Å². The first-order valence-electron chi connectivity index (χ1n) is 14.7. The number of ether oxygens (including phenoxy) is 1. The van der Waals surface area contributed by atoms with E-state index in [1.165, 1.54) is 0 Å². The maximum Gasteiger partial charge on any atom is 0.410 e. The summed E-state index contributed by atoms with van der Waals surface area (Å²) in [6.45, 7) is 12.2.